The lowest BCUT2D eigenvalue weighted by Crippen LogP contribution is -2.28. The Morgan fingerprint density at radius 2 is 2.14 bits per heavy atom. The molecule has 2 atom stereocenters. The molecule has 0 unspecified atom stereocenters. The van der Waals surface area contributed by atoms with Gasteiger partial charge in [0.25, 0.3) is 0 Å². The molecule has 1 aliphatic rings. The Bertz CT molecular complexity index is 612. The predicted octanol–water partition coefficient (Wildman–Crippen LogP) is 1.99. The van der Waals surface area contributed by atoms with E-state index in [1.165, 1.54) is 0 Å². The van der Waals surface area contributed by atoms with Crippen LogP contribution in [0.1, 0.15) is 29.6 Å². The maximum absolute atomic E-state index is 12.4. The van der Waals surface area contributed by atoms with Crippen molar-refractivity contribution in [2.24, 2.45) is 0 Å². The van der Waals surface area contributed by atoms with Crippen LogP contribution >= 0.6 is 0 Å². The summed E-state index contributed by atoms with van der Waals surface area (Å²) in [4.78, 5) is 16.6. The van der Waals surface area contributed by atoms with Gasteiger partial charge in [-0.05, 0) is 37.5 Å². The van der Waals surface area contributed by atoms with Gasteiger partial charge in [0.05, 0.1) is 6.10 Å². The number of ether oxygens (including phenoxy) is 2. The average molecular weight is 287 g/mol. The lowest BCUT2D eigenvalue weighted by molar-refractivity contribution is -0.0207. The molecule has 0 spiro atoms. The highest BCUT2D eigenvalue weighted by Gasteiger charge is 2.31. The van der Waals surface area contributed by atoms with Crippen molar-refractivity contribution >= 4 is 5.97 Å². The minimum atomic E-state index is -0.387. The number of nitrogens with zero attached hydrogens (tertiary/aromatic N) is 3. The lowest BCUT2D eigenvalue weighted by atomic mass is 10.2. The third kappa shape index (κ3) is 2.80. The highest BCUT2D eigenvalue weighted by molar-refractivity contribution is 5.92. The number of carbonyl (C=O) groups is 1. The van der Waals surface area contributed by atoms with Gasteiger partial charge in [0.2, 0.25) is 0 Å². The Morgan fingerprint density at radius 3 is 2.90 bits per heavy atom. The number of carbonyl (C=O) groups excluding carboxylic acids is 1. The van der Waals surface area contributed by atoms with Gasteiger partial charge in [-0.3, -0.25) is 0 Å². The maximum Gasteiger partial charge on any atom is 0.342 e. The predicted molar refractivity (Wildman–Crippen MR) is 75.2 cm³/mol. The van der Waals surface area contributed by atoms with Crippen molar-refractivity contribution in [3.05, 3.63) is 42.4 Å². The van der Waals surface area contributed by atoms with Gasteiger partial charge < -0.3 is 9.47 Å². The zero-order valence-electron chi connectivity index (χ0n) is 11.8. The molecule has 2 heterocycles. The summed E-state index contributed by atoms with van der Waals surface area (Å²) in [6.07, 6.45) is 7.58. The Hall–Kier alpha value is -2.21. The number of hydrogen-bond donors (Lipinski definition) is 0. The molecule has 6 heteroatoms. The topological polar surface area (TPSA) is 66.2 Å². The zero-order valence-corrected chi connectivity index (χ0v) is 11.8. The second-order valence-electron chi connectivity index (χ2n) is 4.97. The summed E-state index contributed by atoms with van der Waals surface area (Å²) in [5, 5.41) is 4.11. The SMILES string of the molecule is CO[C@@H]1CCC[C@H]1OC(=O)c1cccnc1-n1cccn1. The summed E-state index contributed by atoms with van der Waals surface area (Å²) in [6.45, 7) is 0. The molecular weight excluding hydrogens is 270 g/mol. The Kier molecular flexibility index (Phi) is 3.96. The van der Waals surface area contributed by atoms with Gasteiger partial charge in [-0.2, -0.15) is 5.10 Å². The minimum absolute atomic E-state index is 0.0150. The maximum atomic E-state index is 12.4. The molecule has 110 valence electrons. The molecule has 0 N–H and O–H groups in total. The number of methoxy groups -OCH3 is 1. The fraction of sp³-hybridized carbons (Fsp3) is 0.400. The highest BCUT2D eigenvalue weighted by atomic mass is 16.6. The van der Waals surface area contributed by atoms with Crippen molar-refractivity contribution in [3.63, 3.8) is 0 Å². The lowest BCUT2D eigenvalue weighted by Gasteiger charge is -2.19. The van der Waals surface area contributed by atoms with Crippen LogP contribution in [-0.4, -0.2) is 40.1 Å². The van der Waals surface area contributed by atoms with Crippen molar-refractivity contribution < 1.29 is 14.3 Å². The first-order valence-corrected chi connectivity index (χ1v) is 6.98. The smallest absolute Gasteiger partial charge is 0.342 e. The first-order chi connectivity index (χ1) is 10.3. The number of rotatable bonds is 4. The van der Waals surface area contributed by atoms with Crippen LogP contribution in [0.25, 0.3) is 5.82 Å². The van der Waals surface area contributed by atoms with Crippen molar-refractivity contribution in [3.8, 4) is 5.82 Å². The third-order valence-corrected chi connectivity index (χ3v) is 3.68. The van der Waals surface area contributed by atoms with E-state index in [2.05, 4.69) is 10.1 Å². The number of pyridine rings is 1. The van der Waals surface area contributed by atoms with Gasteiger partial charge in [-0.25, -0.2) is 14.5 Å². The summed E-state index contributed by atoms with van der Waals surface area (Å²) in [6, 6.07) is 5.19. The number of hydrogen-bond acceptors (Lipinski definition) is 5. The molecule has 6 nitrogen and oxygen atoms in total. The van der Waals surface area contributed by atoms with E-state index in [1.54, 1.807) is 48.6 Å². The first-order valence-electron chi connectivity index (χ1n) is 6.98. The van der Waals surface area contributed by atoms with Crippen LogP contribution in [0.4, 0.5) is 0 Å². The molecule has 0 amide bonds. The summed E-state index contributed by atoms with van der Waals surface area (Å²) in [5.41, 5.74) is 0.406. The van der Waals surface area contributed by atoms with Crippen molar-refractivity contribution in [1.29, 1.82) is 0 Å². The normalized spacial score (nSPS) is 21.4. The summed E-state index contributed by atoms with van der Waals surface area (Å²) in [5.74, 6) is 0.0852. The van der Waals surface area contributed by atoms with Crippen LogP contribution < -0.4 is 0 Å². The second kappa shape index (κ2) is 6.05. The van der Waals surface area contributed by atoms with Crippen molar-refractivity contribution in [1.82, 2.24) is 14.8 Å². The van der Waals surface area contributed by atoms with E-state index in [9.17, 15) is 4.79 Å². The van der Waals surface area contributed by atoms with E-state index in [-0.39, 0.29) is 18.2 Å². The van der Waals surface area contributed by atoms with E-state index < -0.39 is 0 Å². The second-order valence-corrected chi connectivity index (χ2v) is 4.97. The van der Waals surface area contributed by atoms with E-state index in [1.807, 2.05) is 0 Å². The molecule has 0 saturated heterocycles. The monoisotopic (exact) mass is 287 g/mol. The van der Waals surface area contributed by atoms with Crippen LogP contribution in [0, 0.1) is 0 Å². The van der Waals surface area contributed by atoms with Gasteiger partial charge in [-0.15, -0.1) is 0 Å². The molecule has 21 heavy (non-hydrogen) atoms. The molecule has 0 aliphatic heterocycles. The molecule has 1 aliphatic carbocycles. The molecule has 0 bridgehead atoms. The Balaban J connectivity index is 1.82. The zero-order chi connectivity index (χ0) is 14.7. The summed E-state index contributed by atoms with van der Waals surface area (Å²) >= 11 is 0. The molecule has 1 fully saturated rings. The van der Waals surface area contributed by atoms with Crippen molar-refractivity contribution in [2.75, 3.05) is 7.11 Å². The molecule has 2 aromatic heterocycles. The highest BCUT2D eigenvalue weighted by Crippen LogP contribution is 2.25. The molecule has 0 radical (unpaired) electrons. The van der Waals surface area contributed by atoms with Gasteiger partial charge in [0.1, 0.15) is 11.7 Å². The van der Waals surface area contributed by atoms with Gasteiger partial charge in [0, 0.05) is 25.7 Å². The van der Waals surface area contributed by atoms with Crippen LogP contribution in [-0.2, 0) is 9.47 Å². The van der Waals surface area contributed by atoms with E-state index in [4.69, 9.17) is 9.47 Å². The third-order valence-electron chi connectivity index (χ3n) is 3.68. The first kappa shape index (κ1) is 13.8. The van der Waals surface area contributed by atoms with Crippen molar-refractivity contribution in [2.45, 2.75) is 31.5 Å². The summed E-state index contributed by atoms with van der Waals surface area (Å²) < 4.78 is 12.5. The van der Waals surface area contributed by atoms with E-state index in [0.29, 0.717) is 11.4 Å². The molecule has 0 aromatic carbocycles. The van der Waals surface area contributed by atoms with Gasteiger partial charge >= 0.3 is 5.97 Å². The molecular formula is C15H17N3O3. The van der Waals surface area contributed by atoms with Crippen LogP contribution in [0.2, 0.25) is 0 Å². The Morgan fingerprint density at radius 1 is 1.29 bits per heavy atom. The largest absolute Gasteiger partial charge is 0.456 e. The fourth-order valence-corrected chi connectivity index (χ4v) is 2.63. The van der Waals surface area contributed by atoms with Gasteiger partial charge in [-0.1, -0.05) is 0 Å². The van der Waals surface area contributed by atoms with E-state index in [0.717, 1.165) is 19.3 Å². The fourth-order valence-electron chi connectivity index (χ4n) is 2.63. The molecule has 3 rings (SSSR count). The van der Waals surface area contributed by atoms with Crippen LogP contribution in [0.3, 0.4) is 0 Å². The quantitative estimate of drug-likeness (QED) is 0.805. The average Bonchev–Trinajstić information content (AvgIpc) is 3.18. The van der Waals surface area contributed by atoms with E-state index >= 15 is 0 Å². The van der Waals surface area contributed by atoms with Crippen LogP contribution in [0.15, 0.2) is 36.8 Å². The molecule has 2 aromatic rings. The minimum Gasteiger partial charge on any atom is -0.456 e. The number of esters is 1. The molecule has 1 saturated carbocycles. The van der Waals surface area contributed by atoms with Gasteiger partial charge in [0.15, 0.2) is 5.82 Å². The van der Waals surface area contributed by atoms with Crippen LogP contribution in [0.5, 0.6) is 0 Å². The standard InChI is InChI=1S/C15H17N3O3/c1-20-12-6-2-7-13(12)21-15(19)11-5-3-8-16-14(11)18-10-4-9-17-18/h3-5,8-10,12-13H,2,6-7H2,1H3/t12-,13-/m1/s1. The summed E-state index contributed by atoms with van der Waals surface area (Å²) in [7, 11) is 1.65. The Labute approximate surface area is 122 Å². The number of aromatic nitrogens is 3.